The van der Waals surface area contributed by atoms with Crippen LogP contribution in [0.4, 0.5) is 8.78 Å². The molecule has 1 N–H and O–H groups in total. The number of hydrogen-bond acceptors (Lipinski definition) is 2. The fourth-order valence-electron chi connectivity index (χ4n) is 3.24. The van der Waals surface area contributed by atoms with Crippen LogP contribution in [0.1, 0.15) is 30.5 Å². The van der Waals surface area contributed by atoms with Crippen LogP contribution in [0, 0.1) is 0 Å². The molecule has 1 aliphatic heterocycles. The standard InChI is InChI=1S/C20H16F2N2O/c1-19(2)20(21,22)15-6-4-3-5-13(15)18(24-19)12-7-8-16-14(11-12)17(25)9-10-23-16/h3-11H,1-2H3,(H,23,25). The summed E-state index contributed by atoms with van der Waals surface area (Å²) in [6, 6.07) is 13.2. The molecule has 4 rings (SSSR count). The van der Waals surface area contributed by atoms with Crippen molar-refractivity contribution >= 4 is 16.6 Å². The Hall–Kier alpha value is -2.82. The second kappa shape index (κ2) is 5.09. The van der Waals surface area contributed by atoms with E-state index in [0.717, 1.165) is 0 Å². The van der Waals surface area contributed by atoms with Gasteiger partial charge in [-0.25, -0.2) is 0 Å². The number of alkyl halides is 2. The number of H-pyrrole nitrogens is 1. The maximum atomic E-state index is 14.8. The summed E-state index contributed by atoms with van der Waals surface area (Å²) in [5.41, 5.74) is 0.507. The third-order valence-corrected chi connectivity index (χ3v) is 4.71. The number of hydrogen-bond donors (Lipinski definition) is 1. The summed E-state index contributed by atoms with van der Waals surface area (Å²) in [6.45, 7) is 2.85. The number of nitrogens with one attached hydrogen (secondary N) is 1. The summed E-state index contributed by atoms with van der Waals surface area (Å²) in [7, 11) is 0. The van der Waals surface area contributed by atoms with Crippen molar-refractivity contribution in [3.05, 3.63) is 81.6 Å². The maximum Gasteiger partial charge on any atom is 0.297 e. The van der Waals surface area contributed by atoms with Gasteiger partial charge in [-0.05, 0) is 26.0 Å². The van der Waals surface area contributed by atoms with Crippen LogP contribution in [-0.2, 0) is 5.92 Å². The number of nitrogens with zero attached hydrogens (tertiary/aromatic N) is 1. The molecule has 0 bridgehead atoms. The largest absolute Gasteiger partial charge is 0.361 e. The summed E-state index contributed by atoms with van der Waals surface area (Å²) >= 11 is 0. The smallest absolute Gasteiger partial charge is 0.297 e. The van der Waals surface area contributed by atoms with Gasteiger partial charge in [0.05, 0.1) is 5.71 Å². The summed E-state index contributed by atoms with van der Waals surface area (Å²) in [6.07, 6.45) is 1.58. The van der Waals surface area contributed by atoms with Crippen molar-refractivity contribution in [2.24, 2.45) is 4.99 Å². The fourth-order valence-corrected chi connectivity index (χ4v) is 3.24. The molecule has 3 nitrogen and oxygen atoms in total. The van der Waals surface area contributed by atoms with Crippen LogP contribution in [-0.4, -0.2) is 16.2 Å². The SMILES string of the molecule is CC1(C)N=C(c2ccc3[nH]ccc(=O)c3c2)c2ccccc2C1(F)F. The topological polar surface area (TPSA) is 45.2 Å². The average Bonchev–Trinajstić information content (AvgIpc) is 2.59. The highest BCUT2D eigenvalue weighted by Gasteiger charge is 2.52. The quantitative estimate of drug-likeness (QED) is 0.708. The van der Waals surface area contributed by atoms with Crippen LogP contribution in [0.3, 0.4) is 0 Å². The highest BCUT2D eigenvalue weighted by atomic mass is 19.3. The highest BCUT2D eigenvalue weighted by molar-refractivity contribution is 6.15. The molecule has 2 heterocycles. The Morgan fingerprint density at radius 3 is 2.60 bits per heavy atom. The van der Waals surface area contributed by atoms with E-state index in [-0.39, 0.29) is 11.0 Å². The van der Waals surface area contributed by atoms with Gasteiger partial charge in [-0.15, -0.1) is 0 Å². The second-order valence-corrected chi connectivity index (χ2v) is 6.74. The van der Waals surface area contributed by atoms with Gasteiger partial charge in [-0.2, -0.15) is 8.78 Å². The van der Waals surface area contributed by atoms with E-state index in [2.05, 4.69) is 9.98 Å². The van der Waals surface area contributed by atoms with Gasteiger partial charge in [0.25, 0.3) is 5.92 Å². The van der Waals surface area contributed by atoms with E-state index in [1.807, 2.05) is 0 Å². The molecule has 3 aromatic rings. The highest BCUT2D eigenvalue weighted by Crippen LogP contribution is 2.46. The Morgan fingerprint density at radius 1 is 1.04 bits per heavy atom. The zero-order chi connectivity index (χ0) is 17.8. The molecule has 25 heavy (non-hydrogen) atoms. The number of aromatic nitrogens is 1. The van der Waals surface area contributed by atoms with Crippen molar-refractivity contribution in [2.45, 2.75) is 25.3 Å². The van der Waals surface area contributed by atoms with E-state index in [1.165, 1.54) is 26.0 Å². The maximum absolute atomic E-state index is 14.8. The van der Waals surface area contributed by atoms with Crippen LogP contribution in [0.25, 0.3) is 10.9 Å². The predicted molar refractivity (Wildman–Crippen MR) is 94.6 cm³/mol. The first-order valence-corrected chi connectivity index (χ1v) is 8.01. The van der Waals surface area contributed by atoms with E-state index in [9.17, 15) is 13.6 Å². The molecule has 0 saturated carbocycles. The minimum Gasteiger partial charge on any atom is -0.361 e. The Balaban J connectivity index is 2.01. The molecule has 0 unspecified atom stereocenters. The van der Waals surface area contributed by atoms with E-state index < -0.39 is 11.5 Å². The molecule has 0 saturated heterocycles. The van der Waals surface area contributed by atoms with Crippen LogP contribution in [0.5, 0.6) is 0 Å². The first-order chi connectivity index (χ1) is 11.8. The van der Waals surface area contributed by atoms with Crippen LogP contribution in [0.15, 0.2) is 64.5 Å². The second-order valence-electron chi connectivity index (χ2n) is 6.74. The van der Waals surface area contributed by atoms with Gasteiger partial charge in [0, 0.05) is 39.9 Å². The van der Waals surface area contributed by atoms with Gasteiger partial charge in [0.2, 0.25) is 0 Å². The minimum atomic E-state index is -3.07. The molecule has 0 radical (unpaired) electrons. The molecular formula is C20H16F2N2O. The Kier molecular flexibility index (Phi) is 3.19. The summed E-state index contributed by atoms with van der Waals surface area (Å²) in [5, 5.41) is 0.510. The van der Waals surface area contributed by atoms with Gasteiger partial charge >= 0.3 is 0 Å². The van der Waals surface area contributed by atoms with Crippen molar-refractivity contribution in [2.75, 3.05) is 0 Å². The lowest BCUT2D eigenvalue weighted by Gasteiger charge is -2.37. The number of fused-ring (bicyclic) bond motifs is 2. The van der Waals surface area contributed by atoms with Crippen molar-refractivity contribution in [3.8, 4) is 0 Å². The van der Waals surface area contributed by atoms with Crippen molar-refractivity contribution in [1.82, 2.24) is 4.98 Å². The molecule has 5 heteroatoms. The van der Waals surface area contributed by atoms with Crippen LogP contribution in [0.2, 0.25) is 0 Å². The lowest BCUT2D eigenvalue weighted by atomic mass is 9.81. The number of aliphatic imine (C=N–C) groups is 1. The number of pyridine rings is 1. The predicted octanol–water partition coefficient (Wildman–Crippen LogP) is 4.25. The van der Waals surface area contributed by atoms with Gasteiger partial charge in [0.15, 0.2) is 5.43 Å². The lowest BCUT2D eigenvalue weighted by Crippen LogP contribution is -2.44. The zero-order valence-electron chi connectivity index (χ0n) is 13.8. The number of aromatic amines is 1. The third-order valence-electron chi connectivity index (χ3n) is 4.71. The van der Waals surface area contributed by atoms with Gasteiger partial charge < -0.3 is 4.98 Å². The van der Waals surface area contributed by atoms with Crippen molar-refractivity contribution in [3.63, 3.8) is 0 Å². The number of benzene rings is 2. The lowest BCUT2D eigenvalue weighted by molar-refractivity contribution is -0.0681. The fraction of sp³-hybridized carbons (Fsp3) is 0.200. The van der Waals surface area contributed by atoms with E-state index in [0.29, 0.717) is 27.7 Å². The molecule has 2 aromatic carbocycles. The normalized spacial score (nSPS) is 17.8. The Morgan fingerprint density at radius 2 is 1.80 bits per heavy atom. The molecular weight excluding hydrogens is 322 g/mol. The van der Waals surface area contributed by atoms with Gasteiger partial charge in [-0.3, -0.25) is 9.79 Å². The molecule has 0 fully saturated rings. The van der Waals surface area contributed by atoms with Gasteiger partial charge in [-0.1, -0.05) is 30.3 Å². The first-order valence-electron chi connectivity index (χ1n) is 8.01. The van der Waals surface area contributed by atoms with Crippen molar-refractivity contribution in [1.29, 1.82) is 0 Å². The number of rotatable bonds is 1. The Bertz CT molecular complexity index is 1080. The summed E-state index contributed by atoms with van der Waals surface area (Å²) in [4.78, 5) is 19.5. The average molecular weight is 338 g/mol. The summed E-state index contributed by atoms with van der Waals surface area (Å²) < 4.78 is 29.6. The zero-order valence-corrected chi connectivity index (χ0v) is 13.8. The van der Waals surface area contributed by atoms with E-state index >= 15 is 0 Å². The third kappa shape index (κ3) is 2.22. The van der Waals surface area contributed by atoms with Crippen LogP contribution >= 0.6 is 0 Å². The van der Waals surface area contributed by atoms with E-state index in [4.69, 9.17) is 0 Å². The van der Waals surface area contributed by atoms with Crippen molar-refractivity contribution < 1.29 is 8.78 Å². The molecule has 126 valence electrons. The monoisotopic (exact) mass is 338 g/mol. The molecule has 0 atom stereocenters. The van der Waals surface area contributed by atoms with E-state index in [1.54, 1.807) is 42.6 Å². The Labute approximate surface area is 143 Å². The number of halogens is 2. The first kappa shape index (κ1) is 15.7. The molecule has 1 aliphatic rings. The minimum absolute atomic E-state index is 0.0351. The molecule has 0 aliphatic carbocycles. The van der Waals surface area contributed by atoms with Gasteiger partial charge in [0.1, 0.15) is 5.54 Å². The molecule has 0 amide bonds. The summed E-state index contributed by atoms with van der Waals surface area (Å²) in [5.74, 6) is -3.07. The molecule has 0 spiro atoms. The van der Waals surface area contributed by atoms with Crippen LogP contribution < -0.4 is 5.43 Å². The molecule has 1 aromatic heterocycles.